The molecule has 0 saturated carbocycles. The molecule has 0 aliphatic heterocycles. The molecular weight excluding hydrogens is 324 g/mol. The molecule has 0 bridgehead atoms. The smallest absolute Gasteiger partial charge is 0.0546 e. The number of hydrogen-bond donors (Lipinski definition) is 1. The highest BCUT2D eigenvalue weighted by molar-refractivity contribution is 9.10. The molecule has 0 saturated heterocycles. The number of rotatable bonds is 5. The zero-order valence-corrected chi connectivity index (χ0v) is 13.1. The summed E-state index contributed by atoms with van der Waals surface area (Å²) in [4.78, 5) is 4.36. The van der Waals surface area contributed by atoms with Gasteiger partial charge >= 0.3 is 0 Å². The molecule has 0 radical (unpaired) electrons. The number of pyridine rings is 1. The number of alkyl halides is 1. The van der Waals surface area contributed by atoms with E-state index in [4.69, 9.17) is 11.6 Å². The summed E-state index contributed by atoms with van der Waals surface area (Å²) in [6, 6.07) is 14.2. The summed E-state index contributed by atoms with van der Waals surface area (Å²) >= 11 is 9.53. The SMILES string of the molecule is CC(CCl)(NCc1ccc(Br)cn1)c1ccccc1. The van der Waals surface area contributed by atoms with E-state index in [9.17, 15) is 0 Å². The normalized spacial score (nSPS) is 14.1. The lowest BCUT2D eigenvalue weighted by molar-refractivity contribution is 0.404. The van der Waals surface area contributed by atoms with E-state index in [1.165, 1.54) is 5.56 Å². The van der Waals surface area contributed by atoms with Gasteiger partial charge in [0.15, 0.2) is 0 Å². The largest absolute Gasteiger partial charge is 0.301 e. The predicted octanol–water partition coefficient (Wildman–Crippen LogP) is 4.09. The van der Waals surface area contributed by atoms with Gasteiger partial charge in [-0.1, -0.05) is 30.3 Å². The maximum Gasteiger partial charge on any atom is 0.0546 e. The van der Waals surface area contributed by atoms with Crippen molar-refractivity contribution in [3.63, 3.8) is 0 Å². The van der Waals surface area contributed by atoms with Crippen molar-refractivity contribution in [1.29, 1.82) is 0 Å². The molecule has 0 amide bonds. The van der Waals surface area contributed by atoms with E-state index in [0.29, 0.717) is 12.4 Å². The standard InChI is InChI=1S/C15H16BrClN2/c1-15(11-17,12-5-3-2-4-6-12)19-10-14-8-7-13(16)9-18-14/h2-9,19H,10-11H2,1H3. The lowest BCUT2D eigenvalue weighted by Gasteiger charge is -2.29. The van der Waals surface area contributed by atoms with Crippen molar-refractivity contribution in [3.8, 4) is 0 Å². The minimum Gasteiger partial charge on any atom is -0.301 e. The van der Waals surface area contributed by atoms with Crippen LogP contribution in [0.2, 0.25) is 0 Å². The molecule has 19 heavy (non-hydrogen) atoms. The molecule has 1 unspecified atom stereocenters. The monoisotopic (exact) mass is 338 g/mol. The van der Waals surface area contributed by atoms with Crippen molar-refractivity contribution in [2.24, 2.45) is 0 Å². The third-order valence-corrected chi connectivity index (χ3v) is 4.13. The van der Waals surface area contributed by atoms with Crippen LogP contribution in [0.25, 0.3) is 0 Å². The van der Waals surface area contributed by atoms with Gasteiger partial charge in [-0.3, -0.25) is 4.98 Å². The Labute approximate surface area is 127 Å². The van der Waals surface area contributed by atoms with E-state index in [-0.39, 0.29) is 5.54 Å². The number of benzene rings is 1. The van der Waals surface area contributed by atoms with E-state index in [2.05, 4.69) is 45.3 Å². The highest BCUT2D eigenvalue weighted by Gasteiger charge is 2.24. The van der Waals surface area contributed by atoms with Crippen molar-refractivity contribution in [1.82, 2.24) is 10.3 Å². The van der Waals surface area contributed by atoms with Crippen molar-refractivity contribution in [2.45, 2.75) is 19.0 Å². The Morgan fingerprint density at radius 1 is 1.21 bits per heavy atom. The van der Waals surface area contributed by atoms with Gasteiger partial charge in [0.2, 0.25) is 0 Å². The molecule has 0 aliphatic carbocycles. The van der Waals surface area contributed by atoms with E-state index in [1.54, 1.807) is 6.20 Å². The summed E-state index contributed by atoms with van der Waals surface area (Å²) in [5.74, 6) is 0.507. The van der Waals surface area contributed by atoms with Crippen molar-refractivity contribution < 1.29 is 0 Å². The first-order valence-electron chi connectivity index (χ1n) is 6.11. The molecule has 2 aromatic rings. The first-order valence-corrected chi connectivity index (χ1v) is 7.44. The summed E-state index contributed by atoms with van der Waals surface area (Å²) in [6.45, 7) is 2.79. The van der Waals surface area contributed by atoms with Crippen LogP contribution < -0.4 is 5.32 Å². The molecule has 2 nitrogen and oxygen atoms in total. The van der Waals surface area contributed by atoms with E-state index in [0.717, 1.165) is 10.2 Å². The quantitative estimate of drug-likeness (QED) is 0.830. The first-order chi connectivity index (χ1) is 9.14. The lowest BCUT2D eigenvalue weighted by Crippen LogP contribution is -2.41. The molecule has 2 rings (SSSR count). The molecule has 0 aliphatic rings. The summed E-state index contributed by atoms with van der Waals surface area (Å²) in [5.41, 5.74) is 1.93. The fourth-order valence-corrected chi connectivity index (χ4v) is 2.31. The van der Waals surface area contributed by atoms with E-state index >= 15 is 0 Å². The Bertz CT molecular complexity index is 515. The van der Waals surface area contributed by atoms with Gasteiger partial charge in [-0.05, 0) is 40.5 Å². The van der Waals surface area contributed by atoms with Crippen molar-refractivity contribution >= 4 is 27.5 Å². The van der Waals surface area contributed by atoms with Gasteiger partial charge in [0, 0.05) is 23.1 Å². The fraction of sp³-hybridized carbons (Fsp3) is 0.267. The molecule has 1 N–H and O–H groups in total. The van der Waals surface area contributed by atoms with E-state index < -0.39 is 0 Å². The maximum atomic E-state index is 6.14. The molecule has 1 aromatic carbocycles. The number of hydrogen-bond acceptors (Lipinski definition) is 2. The highest BCUT2D eigenvalue weighted by Crippen LogP contribution is 2.22. The zero-order chi connectivity index (χ0) is 13.7. The molecule has 4 heteroatoms. The third kappa shape index (κ3) is 3.78. The number of nitrogens with one attached hydrogen (secondary N) is 1. The number of aromatic nitrogens is 1. The Kier molecular flexibility index (Phi) is 4.97. The third-order valence-electron chi connectivity index (χ3n) is 3.13. The Hall–Kier alpha value is -0.900. The summed E-state index contributed by atoms with van der Waals surface area (Å²) in [6.07, 6.45) is 1.80. The van der Waals surface area contributed by atoms with Crippen LogP contribution in [-0.4, -0.2) is 10.9 Å². The number of nitrogens with zero attached hydrogens (tertiary/aromatic N) is 1. The fourth-order valence-electron chi connectivity index (χ4n) is 1.83. The van der Waals surface area contributed by atoms with Crippen molar-refractivity contribution in [3.05, 3.63) is 64.4 Å². The molecule has 0 spiro atoms. The average molecular weight is 340 g/mol. The second-order valence-corrected chi connectivity index (χ2v) is 5.84. The van der Waals surface area contributed by atoms with Crippen LogP contribution in [0.15, 0.2) is 53.1 Å². The molecule has 1 atom stereocenters. The zero-order valence-electron chi connectivity index (χ0n) is 10.7. The summed E-state index contributed by atoms with van der Waals surface area (Å²) in [7, 11) is 0. The van der Waals surface area contributed by atoms with Crippen LogP contribution in [0.1, 0.15) is 18.2 Å². The number of halogens is 2. The van der Waals surface area contributed by atoms with Crippen LogP contribution in [0.3, 0.4) is 0 Å². The Morgan fingerprint density at radius 2 is 1.95 bits per heavy atom. The minimum absolute atomic E-state index is 0.252. The van der Waals surface area contributed by atoms with Gasteiger partial charge in [0.25, 0.3) is 0 Å². The van der Waals surface area contributed by atoms with Gasteiger partial charge in [-0.15, -0.1) is 11.6 Å². The Morgan fingerprint density at radius 3 is 2.53 bits per heavy atom. The second kappa shape index (κ2) is 6.51. The van der Waals surface area contributed by atoms with Crippen LogP contribution in [0, 0.1) is 0 Å². The minimum atomic E-state index is -0.252. The molecule has 1 heterocycles. The molecule has 0 fully saturated rings. The van der Waals surface area contributed by atoms with Gasteiger partial charge in [0.1, 0.15) is 0 Å². The maximum absolute atomic E-state index is 6.14. The van der Waals surface area contributed by atoms with Gasteiger partial charge in [0.05, 0.1) is 11.2 Å². The topological polar surface area (TPSA) is 24.9 Å². The van der Waals surface area contributed by atoms with Crippen LogP contribution in [0.4, 0.5) is 0 Å². The second-order valence-electron chi connectivity index (χ2n) is 4.65. The Balaban J connectivity index is 2.09. The molecule has 100 valence electrons. The van der Waals surface area contributed by atoms with Crippen LogP contribution in [0.5, 0.6) is 0 Å². The molecule has 1 aromatic heterocycles. The summed E-state index contributed by atoms with van der Waals surface area (Å²) < 4.78 is 0.986. The van der Waals surface area contributed by atoms with Crippen LogP contribution in [-0.2, 0) is 12.1 Å². The average Bonchev–Trinajstić information content (AvgIpc) is 2.47. The predicted molar refractivity (Wildman–Crippen MR) is 83.3 cm³/mol. The molecular formula is C15H16BrClN2. The van der Waals surface area contributed by atoms with Gasteiger partial charge in [-0.25, -0.2) is 0 Å². The lowest BCUT2D eigenvalue weighted by atomic mass is 9.94. The van der Waals surface area contributed by atoms with Gasteiger partial charge < -0.3 is 5.32 Å². The van der Waals surface area contributed by atoms with E-state index in [1.807, 2.05) is 30.3 Å². The van der Waals surface area contributed by atoms with Crippen LogP contribution >= 0.6 is 27.5 Å². The van der Waals surface area contributed by atoms with Gasteiger partial charge in [-0.2, -0.15) is 0 Å². The highest BCUT2D eigenvalue weighted by atomic mass is 79.9. The summed E-state index contributed by atoms with van der Waals surface area (Å²) in [5, 5.41) is 3.49. The first kappa shape index (κ1) is 14.5. The van der Waals surface area contributed by atoms with Crippen molar-refractivity contribution in [2.75, 3.05) is 5.88 Å².